The Morgan fingerprint density at radius 3 is 2.68 bits per heavy atom. The predicted molar refractivity (Wildman–Crippen MR) is 71.9 cm³/mol. The fraction of sp³-hybridized carbons (Fsp3) is 0.214. The van der Waals surface area contributed by atoms with E-state index in [-0.39, 0.29) is 5.69 Å². The van der Waals surface area contributed by atoms with E-state index in [9.17, 15) is 8.78 Å². The highest BCUT2D eigenvalue weighted by Crippen LogP contribution is 2.27. The Morgan fingerprint density at radius 2 is 2.00 bits per heavy atom. The molecule has 0 aliphatic rings. The molecule has 1 aromatic carbocycles. The molecule has 0 aliphatic heterocycles. The number of nitrogens with zero attached hydrogens (tertiary/aromatic N) is 2. The fourth-order valence-corrected chi connectivity index (χ4v) is 1.90. The van der Waals surface area contributed by atoms with Gasteiger partial charge in [0.05, 0.1) is 23.6 Å². The summed E-state index contributed by atoms with van der Waals surface area (Å²) in [4.78, 5) is 6.01. The van der Waals surface area contributed by atoms with Crippen molar-refractivity contribution in [2.24, 2.45) is 0 Å². The number of hydrogen-bond donors (Lipinski definition) is 1. The SMILES string of the molecule is Cc1cccc(CN(C)c2cc(F)cc(F)c2N)n1. The van der Waals surface area contributed by atoms with Crippen molar-refractivity contribution in [3.05, 3.63) is 53.4 Å². The van der Waals surface area contributed by atoms with Crippen molar-refractivity contribution < 1.29 is 8.78 Å². The summed E-state index contributed by atoms with van der Waals surface area (Å²) in [5.41, 5.74) is 7.60. The molecular weight excluding hydrogens is 248 g/mol. The topological polar surface area (TPSA) is 42.1 Å². The van der Waals surface area contributed by atoms with Crippen LogP contribution in [0.4, 0.5) is 20.2 Å². The van der Waals surface area contributed by atoms with Gasteiger partial charge in [-0.05, 0) is 25.1 Å². The molecule has 2 N–H and O–H groups in total. The van der Waals surface area contributed by atoms with Gasteiger partial charge in [0, 0.05) is 18.8 Å². The lowest BCUT2D eigenvalue weighted by atomic mass is 10.2. The molecular formula is C14H15F2N3. The minimum Gasteiger partial charge on any atom is -0.395 e. The average molecular weight is 263 g/mol. The van der Waals surface area contributed by atoms with Gasteiger partial charge in [-0.25, -0.2) is 8.78 Å². The molecule has 19 heavy (non-hydrogen) atoms. The molecule has 100 valence electrons. The van der Waals surface area contributed by atoms with Crippen molar-refractivity contribution in [2.75, 3.05) is 17.7 Å². The van der Waals surface area contributed by atoms with Gasteiger partial charge < -0.3 is 10.6 Å². The van der Waals surface area contributed by atoms with E-state index in [0.717, 1.165) is 17.5 Å². The minimum absolute atomic E-state index is 0.0587. The minimum atomic E-state index is -0.751. The van der Waals surface area contributed by atoms with E-state index in [2.05, 4.69) is 4.98 Å². The number of aryl methyl sites for hydroxylation is 1. The van der Waals surface area contributed by atoms with Gasteiger partial charge in [-0.3, -0.25) is 4.98 Å². The second-order valence-corrected chi connectivity index (χ2v) is 4.45. The van der Waals surface area contributed by atoms with E-state index in [1.165, 1.54) is 6.07 Å². The zero-order chi connectivity index (χ0) is 14.0. The molecule has 5 heteroatoms. The number of nitrogens with two attached hydrogens (primary N) is 1. The first kappa shape index (κ1) is 13.3. The van der Waals surface area contributed by atoms with Crippen molar-refractivity contribution in [1.82, 2.24) is 4.98 Å². The number of benzene rings is 1. The second kappa shape index (κ2) is 5.22. The molecule has 0 spiro atoms. The molecule has 2 aromatic rings. The monoisotopic (exact) mass is 263 g/mol. The summed E-state index contributed by atoms with van der Waals surface area (Å²) in [6, 6.07) is 7.63. The van der Waals surface area contributed by atoms with Crippen LogP contribution in [0.5, 0.6) is 0 Å². The van der Waals surface area contributed by atoms with Crippen LogP contribution >= 0.6 is 0 Å². The molecule has 0 unspecified atom stereocenters. The first-order valence-electron chi connectivity index (χ1n) is 5.85. The molecule has 1 heterocycles. The number of rotatable bonds is 3. The van der Waals surface area contributed by atoms with Gasteiger partial charge in [-0.2, -0.15) is 0 Å². The number of hydrogen-bond acceptors (Lipinski definition) is 3. The van der Waals surface area contributed by atoms with Crippen LogP contribution in [0, 0.1) is 18.6 Å². The lowest BCUT2D eigenvalue weighted by molar-refractivity contribution is 0.585. The number of halogens is 2. The Labute approximate surface area is 110 Å². The third kappa shape index (κ3) is 2.99. The first-order chi connectivity index (χ1) is 8.97. The first-order valence-corrected chi connectivity index (χ1v) is 5.85. The van der Waals surface area contributed by atoms with E-state index in [1.54, 1.807) is 11.9 Å². The van der Waals surface area contributed by atoms with Crippen LogP contribution in [0.2, 0.25) is 0 Å². The van der Waals surface area contributed by atoms with Crippen LogP contribution < -0.4 is 10.6 Å². The molecule has 0 saturated carbocycles. The third-order valence-electron chi connectivity index (χ3n) is 2.83. The smallest absolute Gasteiger partial charge is 0.151 e. The molecule has 1 aromatic heterocycles. The van der Waals surface area contributed by atoms with Crippen LogP contribution in [0.25, 0.3) is 0 Å². The van der Waals surface area contributed by atoms with Gasteiger partial charge in [0.2, 0.25) is 0 Å². The molecule has 2 rings (SSSR count). The molecule has 0 amide bonds. The summed E-state index contributed by atoms with van der Waals surface area (Å²) in [5.74, 6) is -1.40. The summed E-state index contributed by atoms with van der Waals surface area (Å²) in [7, 11) is 1.72. The molecule has 0 radical (unpaired) electrons. The average Bonchev–Trinajstić information content (AvgIpc) is 2.33. The number of pyridine rings is 1. The normalized spacial score (nSPS) is 10.5. The Hall–Kier alpha value is -2.17. The van der Waals surface area contributed by atoms with Crippen LogP contribution in [0.15, 0.2) is 30.3 Å². The standard InChI is InChI=1S/C14H15F2N3/c1-9-4-3-5-11(18-9)8-19(2)13-7-10(15)6-12(16)14(13)17/h3-7H,8,17H2,1-2H3. The van der Waals surface area contributed by atoms with Gasteiger partial charge in [0.15, 0.2) is 5.82 Å². The van der Waals surface area contributed by atoms with Gasteiger partial charge >= 0.3 is 0 Å². The zero-order valence-electron chi connectivity index (χ0n) is 10.8. The van der Waals surface area contributed by atoms with Crippen LogP contribution in [-0.2, 0) is 6.54 Å². The number of anilines is 2. The van der Waals surface area contributed by atoms with Gasteiger partial charge in [-0.1, -0.05) is 6.07 Å². The van der Waals surface area contributed by atoms with Gasteiger partial charge in [-0.15, -0.1) is 0 Å². The lowest BCUT2D eigenvalue weighted by Gasteiger charge is -2.21. The number of aromatic nitrogens is 1. The summed E-state index contributed by atoms with van der Waals surface area (Å²) in [6.07, 6.45) is 0. The van der Waals surface area contributed by atoms with Crippen LogP contribution in [-0.4, -0.2) is 12.0 Å². The van der Waals surface area contributed by atoms with Crippen molar-refractivity contribution in [3.8, 4) is 0 Å². The quantitative estimate of drug-likeness (QED) is 0.866. The summed E-state index contributed by atoms with van der Waals surface area (Å²) in [6.45, 7) is 2.31. The second-order valence-electron chi connectivity index (χ2n) is 4.45. The highest BCUT2D eigenvalue weighted by molar-refractivity contribution is 5.67. The maximum Gasteiger partial charge on any atom is 0.151 e. The van der Waals surface area contributed by atoms with Crippen molar-refractivity contribution >= 4 is 11.4 Å². The van der Waals surface area contributed by atoms with E-state index in [1.807, 2.05) is 25.1 Å². The van der Waals surface area contributed by atoms with E-state index in [4.69, 9.17) is 5.73 Å². The number of nitrogen functional groups attached to an aromatic ring is 1. The fourth-order valence-electron chi connectivity index (χ4n) is 1.90. The zero-order valence-corrected chi connectivity index (χ0v) is 10.8. The highest BCUT2D eigenvalue weighted by Gasteiger charge is 2.12. The molecule has 0 bridgehead atoms. The Bertz CT molecular complexity index is 599. The molecule has 0 aliphatic carbocycles. The Balaban J connectivity index is 2.27. The van der Waals surface area contributed by atoms with E-state index in [0.29, 0.717) is 12.2 Å². The maximum absolute atomic E-state index is 13.4. The molecule has 0 fully saturated rings. The molecule has 3 nitrogen and oxygen atoms in total. The maximum atomic E-state index is 13.4. The van der Waals surface area contributed by atoms with Gasteiger partial charge in [0.1, 0.15) is 5.82 Å². The largest absolute Gasteiger partial charge is 0.395 e. The van der Waals surface area contributed by atoms with Crippen LogP contribution in [0.3, 0.4) is 0 Å². The highest BCUT2D eigenvalue weighted by atomic mass is 19.1. The Morgan fingerprint density at radius 1 is 1.26 bits per heavy atom. The Kier molecular flexibility index (Phi) is 3.64. The van der Waals surface area contributed by atoms with E-state index < -0.39 is 11.6 Å². The predicted octanol–water partition coefficient (Wildman–Crippen LogP) is 2.89. The van der Waals surface area contributed by atoms with Gasteiger partial charge in [0.25, 0.3) is 0 Å². The molecule has 0 saturated heterocycles. The molecule has 0 atom stereocenters. The third-order valence-corrected chi connectivity index (χ3v) is 2.83. The van der Waals surface area contributed by atoms with Crippen molar-refractivity contribution in [3.63, 3.8) is 0 Å². The van der Waals surface area contributed by atoms with Crippen LogP contribution in [0.1, 0.15) is 11.4 Å². The van der Waals surface area contributed by atoms with Crippen molar-refractivity contribution in [1.29, 1.82) is 0 Å². The lowest BCUT2D eigenvalue weighted by Crippen LogP contribution is -2.19. The summed E-state index contributed by atoms with van der Waals surface area (Å²) >= 11 is 0. The van der Waals surface area contributed by atoms with E-state index >= 15 is 0 Å². The summed E-state index contributed by atoms with van der Waals surface area (Å²) in [5, 5.41) is 0. The van der Waals surface area contributed by atoms with Crippen molar-refractivity contribution in [2.45, 2.75) is 13.5 Å². The summed E-state index contributed by atoms with van der Waals surface area (Å²) < 4.78 is 26.6.